The van der Waals surface area contributed by atoms with Crippen LogP contribution in [0.15, 0.2) is 40.9 Å². The summed E-state index contributed by atoms with van der Waals surface area (Å²) in [6.07, 6.45) is 4.97. The number of anilines is 1. The normalized spacial score (nSPS) is 23.2. The number of hydrogen-bond donors (Lipinski definition) is 1. The lowest BCUT2D eigenvalue weighted by molar-refractivity contribution is 0.350. The highest BCUT2D eigenvalue weighted by Crippen LogP contribution is 2.52. The number of allylic oxidation sites excluding steroid dienone is 2. The van der Waals surface area contributed by atoms with E-state index in [0.717, 1.165) is 22.5 Å². The molecule has 1 N–H and O–H groups in total. The lowest BCUT2D eigenvalue weighted by Gasteiger charge is -2.38. The maximum Gasteiger partial charge on any atom is 0.174 e. The van der Waals surface area contributed by atoms with E-state index in [1.807, 2.05) is 18.2 Å². The van der Waals surface area contributed by atoms with Crippen LogP contribution in [0.3, 0.4) is 0 Å². The molecular weight excluding hydrogens is 404 g/mol. The fourth-order valence-electron chi connectivity index (χ4n) is 4.07. The van der Waals surface area contributed by atoms with Crippen molar-refractivity contribution in [3.63, 3.8) is 0 Å². The minimum atomic E-state index is -0.566. The third kappa shape index (κ3) is 2.67. The van der Waals surface area contributed by atoms with Gasteiger partial charge in [0.2, 0.25) is 0 Å². The summed E-state index contributed by atoms with van der Waals surface area (Å²) in [5.41, 5.74) is 2.01. The van der Waals surface area contributed by atoms with Gasteiger partial charge in [-0.1, -0.05) is 12.2 Å². The van der Waals surface area contributed by atoms with Gasteiger partial charge in [-0.05, 0) is 57.6 Å². The van der Waals surface area contributed by atoms with Crippen LogP contribution in [0.1, 0.15) is 29.5 Å². The quantitative estimate of drug-likeness (QED) is 0.656. The molecule has 26 heavy (non-hydrogen) atoms. The number of methoxy groups -OCH3 is 2. The van der Waals surface area contributed by atoms with Gasteiger partial charge in [-0.3, -0.25) is 0 Å². The Morgan fingerprint density at radius 2 is 1.92 bits per heavy atom. The zero-order valence-corrected chi connectivity index (χ0v) is 15.9. The highest BCUT2D eigenvalue weighted by atomic mass is 79.9. The Morgan fingerprint density at radius 3 is 2.65 bits per heavy atom. The molecule has 0 bridgehead atoms. The van der Waals surface area contributed by atoms with E-state index in [9.17, 15) is 8.78 Å². The second kappa shape index (κ2) is 6.58. The molecule has 1 aliphatic carbocycles. The van der Waals surface area contributed by atoms with Crippen molar-refractivity contribution >= 4 is 21.6 Å². The van der Waals surface area contributed by atoms with Gasteiger partial charge in [-0.2, -0.15) is 0 Å². The number of benzene rings is 2. The summed E-state index contributed by atoms with van der Waals surface area (Å²) in [6, 6.07) is 6.09. The Bertz CT molecular complexity index is 900. The van der Waals surface area contributed by atoms with Crippen molar-refractivity contribution in [2.24, 2.45) is 5.92 Å². The summed E-state index contributed by atoms with van der Waals surface area (Å²) in [5.74, 6) is 0.257. The average Bonchev–Trinajstić information content (AvgIpc) is 3.10. The van der Waals surface area contributed by atoms with Gasteiger partial charge in [0.25, 0.3) is 0 Å². The summed E-state index contributed by atoms with van der Waals surface area (Å²) in [7, 11) is 3.16. The van der Waals surface area contributed by atoms with Gasteiger partial charge in [-0.25, -0.2) is 8.78 Å². The first-order valence-electron chi connectivity index (χ1n) is 8.37. The second-order valence-corrected chi connectivity index (χ2v) is 7.42. The monoisotopic (exact) mass is 421 g/mol. The van der Waals surface area contributed by atoms with E-state index in [-0.39, 0.29) is 17.9 Å². The number of ether oxygens (including phenoxy) is 2. The molecule has 0 saturated carbocycles. The van der Waals surface area contributed by atoms with E-state index >= 15 is 0 Å². The highest BCUT2D eigenvalue weighted by molar-refractivity contribution is 9.10. The van der Waals surface area contributed by atoms with Gasteiger partial charge in [-0.15, -0.1) is 0 Å². The van der Waals surface area contributed by atoms with Crippen molar-refractivity contribution in [2.75, 3.05) is 19.5 Å². The molecule has 0 spiro atoms. The van der Waals surface area contributed by atoms with Crippen LogP contribution < -0.4 is 14.8 Å². The maximum atomic E-state index is 14.4. The summed E-state index contributed by atoms with van der Waals surface area (Å²) in [4.78, 5) is 0. The number of hydrogen-bond acceptors (Lipinski definition) is 3. The molecule has 0 unspecified atom stereocenters. The van der Waals surface area contributed by atoms with E-state index in [1.54, 1.807) is 14.2 Å². The van der Waals surface area contributed by atoms with Gasteiger partial charge in [0, 0.05) is 12.0 Å². The average molecular weight is 422 g/mol. The molecule has 1 heterocycles. The first-order valence-corrected chi connectivity index (χ1v) is 9.16. The highest BCUT2D eigenvalue weighted by Gasteiger charge is 2.39. The molecule has 2 aliphatic rings. The number of fused-ring (bicyclic) bond motifs is 3. The van der Waals surface area contributed by atoms with Crippen LogP contribution in [0.4, 0.5) is 14.5 Å². The molecule has 1 aliphatic heterocycles. The summed E-state index contributed by atoms with van der Waals surface area (Å²) in [6.45, 7) is 0. The molecule has 0 fully saturated rings. The van der Waals surface area contributed by atoms with E-state index < -0.39 is 11.6 Å². The number of nitrogens with one attached hydrogen (secondary N) is 1. The number of rotatable bonds is 3. The van der Waals surface area contributed by atoms with Crippen molar-refractivity contribution in [1.82, 2.24) is 0 Å². The van der Waals surface area contributed by atoms with Gasteiger partial charge < -0.3 is 14.8 Å². The van der Waals surface area contributed by atoms with Crippen LogP contribution >= 0.6 is 15.9 Å². The van der Waals surface area contributed by atoms with Crippen LogP contribution in [-0.2, 0) is 0 Å². The molecule has 3 nitrogen and oxygen atoms in total. The third-order valence-corrected chi connectivity index (χ3v) is 5.79. The standard InChI is InChI=1S/C20H18BrF2NO2/c1-25-17-7-10(6-15(21)20(17)26-2)18-13-5-3-4-12(13)14-8-11(22)9-16(23)19(14)24-18/h3-4,6-9,12-13,18,24H,5H2,1-2H3/t12-,13+,18+/m0/s1. The largest absolute Gasteiger partial charge is 0.493 e. The Hall–Kier alpha value is -2.08. The Kier molecular flexibility index (Phi) is 4.39. The van der Waals surface area contributed by atoms with Crippen LogP contribution in [-0.4, -0.2) is 14.2 Å². The van der Waals surface area contributed by atoms with Crippen LogP contribution in [0.25, 0.3) is 0 Å². The lowest BCUT2D eigenvalue weighted by Crippen LogP contribution is -2.30. The molecule has 2 aromatic carbocycles. The van der Waals surface area contributed by atoms with Gasteiger partial charge >= 0.3 is 0 Å². The van der Waals surface area contributed by atoms with Crippen molar-refractivity contribution < 1.29 is 18.3 Å². The molecule has 2 aromatic rings. The fourth-order valence-corrected chi connectivity index (χ4v) is 4.69. The molecule has 4 rings (SSSR count). The van der Waals surface area contributed by atoms with Crippen LogP contribution in [0.2, 0.25) is 0 Å². The third-order valence-electron chi connectivity index (χ3n) is 5.20. The summed E-state index contributed by atoms with van der Waals surface area (Å²) >= 11 is 3.52. The minimum absolute atomic E-state index is 0.0201. The maximum absolute atomic E-state index is 14.4. The first kappa shape index (κ1) is 17.3. The van der Waals surface area contributed by atoms with Crippen molar-refractivity contribution in [1.29, 1.82) is 0 Å². The molecule has 136 valence electrons. The van der Waals surface area contributed by atoms with E-state index in [0.29, 0.717) is 22.7 Å². The molecular formula is C20H18BrF2NO2. The smallest absolute Gasteiger partial charge is 0.174 e. The van der Waals surface area contributed by atoms with E-state index in [1.165, 1.54) is 6.07 Å². The number of halogens is 3. The molecule has 0 saturated heterocycles. The van der Waals surface area contributed by atoms with Gasteiger partial charge in [0.1, 0.15) is 11.6 Å². The SMILES string of the molecule is COc1cc([C@H]2Nc3c(F)cc(F)cc3[C@H]3C=CC[C@H]32)cc(Br)c1OC. The predicted octanol–water partition coefficient (Wildman–Crippen LogP) is 5.57. The lowest BCUT2D eigenvalue weighted by atomic mass is 9.77. The van der Waals surface area contributed by atoms with Crippen molar-refractivity contribution in [3.8, 4) is 11.5 Å². The van der Waals surface area contributed by atoms with Crippen LogP contribution in [0, 0.1) is 17.6 Å². The molecule has 6 heteroatoms. The van der Waals surface area contributed by atoms with E-state index in [4.69, 9.17) is 9.47 Å². The Morgan fingerprint density at radius 1 is 1.12 bits per heavy atom. The fraction of sp³-hybridized carbons (Fsp3) is 0.300. The minimum Gasteiger partial charge on any atom is -0.493 e. The second-order valence-electron chi connectivity index (χ2n) is 6.57. The van der Waals surface area contributed by atoms with Crippen molar-refractivity contribution in [3.05, 3.63) is 63.7 Å². The molecule has 0 aromatic heterocycles. The van der Waals surface area contributed by atoms with Gasteiger partial charge in [0.15, 0.2) is 11.5 Å². The molecule has 3 atom stereocenters. The van der Waals surface area contributed by atoms with E-state index in [2.05, 4.69) is 27.3 Å². The molecule has 0 radical (unpaired) electrons. The first-order chi connectivity index (χ1) is 12.5. The summed E-state index contributed by atoms with van der Waals surface area (Å²) in [5, 5.41) is 3.30. The Labute approximate surface area is 159 Å². The summed E-state index contributed by atoms with van der Waals surface area (Å²) < 4.78 is 39.8. The zero-order chi connectivity index (χ0) is 18.4. The predicted molar refractivity (Wildman–Crippen MR) is 100.0 cm³/mol. The zero-order valence-electron chi connectivity index (χ0n) is 14.4. The molecule has 0 amide bonds. The van der Waals surface area contributed by atoms with Gasteiger partial charge in [0.05, 0.1) is 30.4 Å². The van der Waals surface area contributed by atoms with Crippen LogP contribution in [0.5, 0.6) is 11.5 Å². The van der Waals surface area contributed by atoms with Crippen molar-refractivity contribution in [2.45, 2.75) is 18.4 Å². The topological polar surface area (TPSA) is 30.5 Å². The Balaban J connectivity index is 1.82.